The van der Waals surface area contributed by atoms with Gasteiger partial charge in [0.05, 0.1) is 16.2 Å². The van der Waals surface area contributed by atoms with Gasteiger partial charge in [-0.2, -0.15) is 0 Å². The minimum atomic E-state index is -0.822. The molecule has 14 aromatic carbocycles. The Kier molecular flexibility index (Phi) is 13.6. The standard InChI is InChI=1S/C95H68F2N2/c1-7-63-28-32-65(33-29-63)93(83-52-26-59(3)53-62(83)6)84-21-13-9-17-75(84)79-48-44-71(55-89(79)93)98(69-40-36-67(96)37-41-69)73-46-50-81-77-19-11-15-23-86(77)95(91(81)57-73)87-24-16-12-20-78(87)82-51-47-74(58-92(82)95)99(70-42-38-68(97)39-43-70)72-45-49-80-76-18-10-14-22-85(76)94(90(80)56-72,66-34-30-64(8-2)31-35-66)88-54-60(4)25-27-61(88)5/h7-58H,1-2H2,3-6H3. The topological polar surface area (TPSA) is 6.48 Å². The van der Waals surface area contributed by atoms with E-state index in [1.165, 1.54) is 89.0 Å². The zero-order chi connectivity index (χ0) is 67.1. The van der Waals surface area contributed by atoms with Crippen LogP contribution >= 0.6 is 0 Å². The van der Waals surface area contributed by atoms with Crippen molar-refractivity contribution < 1.29 is 8.78 Å². The predicted molar refractivity (Wildman–Crippen MR) is 406 cm³/mol. The van der Waals surface area contributed by atoms with Crippen LogP contribution < -0.4 is 9.80 Å². The summed E-state index contributed by atoms with van der Waals surface area (Å²) >= 11 is 0. The lowest BCUT2D eigenvalue weighted by molar-refractivity contribution is 0.627. The lowest BCUT2D eigenvalue weighted by Gasteiger charge is -2.36. The van der Waals surface area contributed by atoms with Gasteiger partial charge in [-0.15, -0.1) is 0 Å². The zero-order valence-corrected chi connectivity index (χ0v) is 55.6. The van der Waals surface area contributed by atoms with Crippen molar-refractivity contribution in [2.45, 2.75) is 43.9 Å². The summed E-state index contributed by atoms with van der Waals surface area (Å²) in [5.74, 6) is -0.616. The Labute approximate surface area is 578 Å². The summed E-state index contributed by atoms with van der Waals surface area (Å²) in [4.78, 5) is 4.64. The number of aryl methyl sites for hydroxylation is 4. The average molecular weight is 1280 g/mol. The molecule has 0 bridgehead atoms. The summed E-state index contributed by atoms with van der Waals surface area (Å²) in [6.07, 6.45) is 3.81. The van der Waals surface area contributed by atoms with E-state index in [0.717, 1.165) is 89.8 Å². The summed E-state index contributed by atoms with van der Waals surface area (Å²) in [5.41, 5.74) is 33.5. The van der Waals surface area contributed by atoms with Crippen LogP contribution in [0.3, 0.4) is 0 Å². The molecule has 0 radical (unpaired) electrons. The van der Waals surface area contributed by atoms with Gasteiger partial charge in [0, 0.05) is 34.1 Å². The van der Waals surface area contributed by atoms with E-state index in [1.54, 1.807) is 24.3 Å². The molecular formula is C95H68F2N2. The van der Waals surface area contributed by atoms with E-state index in [1.807, 2.05) is 36.4 Å². The molecule has 4 aliphatic carbocycles. The molecule has 3 atom stereocenters. The molecule has 0 saturated heterocycles. The Hall–Kier alpha value is -12.0. The fourth-order valence-electron chi connectivity index (χ4n) is 17.9. The number of hydrogen-bond acceptors (Lipinski definition) is 2. The van der Waals surface area contributed by atoms with E-state index >= 15 is 8.78 Å². The predicted octanol–water partition coefficient (Wildman–Crippen LogP) is 24.5. The second-order valence-electron chi connectivity index (χ2n) is 27.3. The first kappa shape index (κ1) is 59.5. The number of hydrogen-bond donors (Lipinski definition) is 0. The Morgan fingerprint density at radius 2 is 0.566 bits per heavy atom. The SMILES string of the molecule is C=Cc1ccc(C2(c3ccc(C)cc3C)c3ccccc3-c3ccc(N(c4ccc(F)cc4)c4ccc5c(c4)C4(c6ccccc6-5)c5ccccc5-c5ccc(N(c6ccc(F)cc6)c6ccc7c(c6)C(c6ccc(C=C)cc6)(c6cc(C)ccc6C)c6ccccc6-7)cc54)cc32)cc1. The molecule has 4 heteroatoms. The van der Waals surface area contributed by atoms with Crippen LogP contribution in [0.25, 0.3) is 56.7 Å². The summed E-state index contributed by atoms with van der Waals surface area (Å²) in [6, 6.07) is 109. The Morgan fingerprint density at radius 3 is 0.939 bits per heavy atom. The van der Waals surface area contributed by atoms with Crippen LogP contribution in [-0.2, 0) is 16.2 Å². The quantitative estimate of drug-likeness (QED) is 0.120. The van der Waals surface area contributed by atoms with Crippen LogP contribution in [0.2, 0.25) is 0 Å². The average Bonchev–Trinajstić information content (AvgIpc) is 1.51. The molecule has 0 saturated carbocycles. The van der Waals surface area contributed by atoms with Crippen LogP contribution in [0.5, 0.6) is 0 Å². The second kappa shape index (κ2) is 22.6. The summed E-state index contributed by atoms with van der Waals surface area (Å²) in [5, 5.41) is 0. The molecule has 0 aromatic heterocycles. The van der Waals surface area contributed by atoms with Crippen molar-refractivity contribution in [1.82, 2.24) is 0 Å². The van der Waals surface area contributed by atoms with Gasteiger partial charge in [-0.1, -0.05) is 243 Å². The summed E-state index contributed by atoms with van der Waals surface area (Å²) in [7, 11) is 0. The van der Waals surface area contributed by atoms with E-state index < -0.39 is 16.2 Å². The van der Waals surface area contributed by atoms with E-state index in [0.29, 0.717) is 0 Å². The van der Waals surface area contributed by atoms with Crippen molar-refractivity contribution in [2.24, 2.45) is 0 Å². The van der Waals surface area contributed by atoms with Gasteiger partial charge in [-0.3, -0.25) is 0 Å². The number of nitrogens with zero attached hydrogens (tertiary/aromatic N) is 2. The van der Waals surface area contributed by atoms with Crippen molar-refractivity contribution in [3.63, 3.8) is 0 Å². The molecule has 99 heavy (non-hydrogen) atoms. The minimum absolute atomic E-state index is 0.308. The molecule has 472 valence electrons. The minimum Gasteiger partial charge on any atom is -0.310 e. The summed E-state index contributed by atoms with van der Waals surface area (Å²) < 4.78 is 31.0. The van der Waals surface area contributed by atoms with E-state index in [4.69, 9.17) is 0 Å². The van der Waals surface area contributed by atoms with E-state index in [-0.39, 0.29) is 11.6 Å². The molecule has 3 unspecified atom stereocenters. The first-order valence-electron chi connectivity index (χ1n) is 34.1. The van der Waals surface area contributed by atoms with Crippen molar-refractivity contribution in [3.8, 4) is 44.5 Å². The third-order valence-corrected chi connectivity index (χ3v) is 22.1. The second-order valence-corrected chi connectivity index (χ2v) is 27.3. The molecule has 14 aromatic rings. The molecule has 0 aliphatic heterocycles. The van der Waals surface area contributed by atoms with Crippen molar-refractivity contribution >= 4 is 46.3 Å². The van der Waals surface area contributed by atoms with E-state index in [9.17, 15) is 0 Å². The lowest BCUT2D eigenvalue weighted by Crippen LogP contribution is -2.30. The normalized spacial score (nSPS) is 16.8. The number of benzene rings is 14. The maximum absolute atomic E-state index is 15.5. The van der Waals surface area contributed by atoms with Gasteiger partial charge in [-0.05, 0) is 258 Å². The zero-order valence-electron chi connectivity index (χ0n) is 55.6. The van der Waals surface area contributed by atoms with Gasteiger partial charge in [0.2, 0.25) is 0 Å². The van der Waals surface area contributed by atoms with E-state index in [2.05, 4.69) is 305 Å². The first-order valence-corrected chi connectivity index (χ1v) is 34.1. The smallest absolute Gasteiger partial charge is 0.123 e. The van der Waals surface area contributed by atoms with Crippen molar-refractivity contribution in [1.29, 1.82) is 0 Å². The van der Waals surface area contributed by atoms with Crippen LogP contribution in [0.15, 0.2) is 316 Å². The van der Waals surface area contributed by atoms with Gasteiger partial charge >= 0.3 is 0 Å². The fraction of sp³-hybridized carbons (Fsp3) is 0.0737. The third kappa shape index (κ3) is 8.58. The van der Waals surface area contributed by atoms with Crippen LogP contribution in [0.1, 0.15) is 100 Å². The molecule has 18 rings (SSSR count). The molecule has 0 heterocycles. The molecule has 1 spiro atoms. The number of fused-ring (bicyclic) bond motifs is 16. The lowest BCUT2D eigenvalue weighted by atomic mass is 9.66. The molecule has 0 amide bonds. The molecule has 0 N–H and O–H groups in total. The highest BCUT2D eigenvalue weighted by atomic mass is 19.1. The summed E-state index contributed by atoms with van der Waals surface area (Å²) in [6.45, 7) is 17.1. The molecule has 0 fully saturated rings. The van der Waals surface area contributed by atoms with Crippen LogP contribution in [-0.4, -0.2) is 0 Å². The Balaban J connectivity index is 0.860. The number of rotatable bonds is 12. The first-order chi connectivity index (χ1) is 48.4. The highest BCUT2D eigenvalue weighted by molar-refractivity contribution is 5.99. The largest absolute Gasteiger partial charge is 0.310 e. The Morgan fingerprint density at radius 1 is 0.253 bits per heavy atom. The van der Waals surface area contributed by atoms with Crippen molar-refractivity contribution in [3.05, 3.63) is 428 Å². The van der Waals surface area contributed by atoms with Gasteiger partial charge in [0.15, 0.2) is 0 Å². The molecular weight excluding hydrogens is 1210 g/mol. The highest BCUT2D eigenvalue weighted by Gasteiger charge is 2.53. The van der Waals surface area contributed by atoms with Gasteiger partial charge in [-0.25, -0.2) is 8.78 Å². The van der Waals surface area contributed by atoms with Crippen LogP contribution in [0.4, 0.5) is 42.9 Å². The van der Waals surface area contributed by atoms with Gasteiger partial charge in [0.25, 0.3) is 0 Å². The van der Waals surface area contributed by atoms with Crippen molar-refractivity contribution in [2.75, 3.05) is 9.80 Å². The Bertz CT molecular complexity index is 5670. The maximum atomic E-state index is 15.5. The highest BCUT2D eigenvalue weighted by Crippen LogP contribution is 2.66. The maximum Gasteiger partial charge on any atom is 0.123 e. The number of anilines is 6. The monoisotopic (exact) mass is 1270 g/mol. The van der Waals surface area contributed by atoms with Gasteiger partial charge < -0.3 is 9.80 Å². The van der Waals surface area contributed by atoms with Gasteiger partial charge in [0.1, 0.15) is 11.6 Å². The van der Waals surface area contributed by atoms with Crippen LogP contribution in [0, 0.1) is 39.3 Å². The fourth-order valence-corrected chi connectivity index (χ4v) is 17.9. The third-order valence-electron chi connectivity index (χ3n) is 22.1. The molecule has 2 nitrogen and oxygen atoms in total. The number of halogens is 2. The molecule has 4 aliphatic rings.